The molecule has 3 rings (SSSR count). The third-order valence-corrected chi connectivity index (χ3v) is 2.78. The number of hydrogen-bond acceptors (Lipinski definition) is 5. The number of nitrogens with zero attached hydrogens (tertiary/aromatic N) is 5. The summed E-state index contributed by atoms with van der Waals surface area (Å²) in [5, 5.41) is 7.72. The summed E-state index contributed by atoms with van der Waals surface area (Å²) in [6.45, 7) is 5.88. The van der Waals surface area contributed by atoms with Gasteiger partial charge in [-0.1, -0.05) is 0 Å². The van der Waals surface area contributed by atoms with Crippen molar-refractivity contribution in [3.8, 4) is 0 Å². The van der Waals surface area contributed by atoms with Gasteiger partial charge >= 0.3 is 0 Å². The Kier molecular flexibility index (Phi) is 2.21. The van der Waals surface area contributed by atoms with Gasteiger partial charge < -0.3 is 10.2 Å². The third kappa shape index (κ3) is 1.51. The van der Waals surface area contributed by atoms with E-state index in [1.807, 2.05) is 17.6 Å². The van der Waals surface area contributed by atoms with Crippen molar-refractivity contribution in [2.45, 2.75) is 6.92 Å². The molecule has 0 aliphatic carbocycles. The van der Waals surface area contributed by atoms with E-state index < -0.39 is 0 Å². The van der Waals surface area contributed by atoms with E-state index in [2.05, 4.69) is 25.3 Å². The van der Waals surface area contributed by atoms with Crippen molar-refractivity contribution in [2.75, 3.05) is 31.1 Å². The molecule has 0 bridgehead atoms. The van der Waals surface area contributed by atoms with Crippen molar-refractivity contribution in [3.05, 3.63) is 18.2 Å². The van der Waals surface area contributed by atoms with Crippen LogP contribution in [0.25, 0.3) is 5.65 Å². The lowest BCUT2D eigenvalue weighted by molar-refractivity contribution is 0.579. The van der Waals surface area contributed by atoms with Gasteiger partial charge in [-0.2, -0.15) is 4.52 Å². The fourth-order valence-corrected chi connectivity index (χ4v) is 2.02. The molecular weight excluding hydrogens is 204 g/mol. The van der Waals surface area contributed by atoms with E-state index in [0.29, 0.717) is 0 Å². The van der Waals surface area contributed by atoms with E-state index in [9.17, 15) is 0 Å². The van der Waals surface area contributed by atoms with Gasteiger partial charge in [0, 0.05) is 26.2 Å². The second kappa shape index (κ2) is 3.71. The number of piperazine rings is 1. The highest BCUT2D eigenvalue weighted by Gasteiger charge is 2.14. The standard InChI is InChI=1S/C10H14N6/c1-8-13-9-6-12-7-10(16(9)14-8)15-4-2-11-3-5-15/h6-7,11H,2-5H2,1H3. The highest BCUT2D eigenvalue weighted by atomic mass is 15.4. The maximum atomic E-state index is 4.39. The average molecular weight is 218 g/mol. The summed E-state index contributed by atoms with van der Waals surface area (Å²) in [5.41, 5.74) is 0.813. The summed E-state index contributed by atoms with van der Waals surface area (Å²) in [4.78, 5) is 10.8. The first-order valence-corrected chi connectivity index (χ1v) is 5.47. The average Bonchev–Trinajstić information content (AvgIpc) is 2.70. The molecule has 1 fully saturated rings. The lowest BCUT2D eigenvalue weighted by Crippen LogP contribution is -2.44. The van der Waals surface area contributed by atoms with Crippen molar-refractivity contribution in [2.24, 2.45) is 0 Å². The highest BCUT2D eigenvalue weighted by Crippen LogP contribution is 2.14. The lowest BCUT2D eigenvalue weighted by atomic mass is 10.3. The summed E-state index contributed by atoms with van der Waals surface area (Å²) in [7, 11) is 0. The minimum atomic E-state index is 0.782. The molecule has 0 saturated carbocycles. The number of nitrogens with one attached hydrogen (secondary N) is 1. The number of anilines is 1. The van der Waals surface area contributed by atoms with Gasteiger partial charge in [-0.25, -0.2) is 4.98 Å². The molecule has 1 aliphatic rings. The molecule has 1 N–H and O–H groups in total. The topological polar surface area (TPSA) is 58.4 Å². The lowest BCUT2D eigenvalue weighted by Gasteiger charge is -2.28. The van der Waals surface area contributed by atoms with Crippen LogP contribution in [0.3, 0.4) is 0 Å². The molecular formula is C10H14N6. The zero-order valence-electron chi connectivity index (χ0n) is 9.22. The van der Waals surface area contributed by atoms with Crippen molar-refractivity contribution < 1.29 is 0 Å². The predicted octanol–water partition coefficient (Wildman–Crippen LogP) is -0.158. The van der Waals surface area contributed by atoms with Gasteiger partial charge in [0.05, 0.1) is 12.4 Å². The van der Waals surface area contributed by atoms with Crippen molar-refractivity contribution in [1.82, 2.24) is 24.9 Å². The van der Waals surface area contributed by atoms with Gasteiger partial charge in [0.15, 0.2) is 11.5 Å². The Hall–Kier alpha value is -1.69. The normalized spacial score (nSPS) is 16.9. The molecule has 0 spiro atoms. The molecule has 0 aromatic carbocycles. The van der Waals surface area contributed by atoms with E-state index >= 15 is 0 Å². The smallest absolute Gasteiger partial charge is 0.176 e. The highest BCUT2D eigenvalue weighted by molar-refractivity contribution is 5.47. The van der Waals surface area contributed by atoms with Crippen molar-refractivity contribution >= 4 is 11.5 Å². The first kappa shape index (κ1) is 9.53. The Morgan fingerprint density at radius 3 is 2.88 bits per heavy atom. The van der Waals surface area contributed by atoms with Crippen LogP contribution in [0.2, 0.25) is 0 Å². The maximum Gasteiger partial charge on any atom is 0.176 e. The second-order valence-corrected chi connectivity index (χ2v) is 3.93. The molecule has 2 aromatic rings. The molecule has 6 nitrogen and oxygen atoms in total. The molecule has 0 unspecified atom stereocenters. The van der Waals surface area contributed by atoms with Crippen LogP contribution in [0.15, 0.2) is 12.4 Å². The summed E-state index contributed by atoms with van der Waals surface area (Å²) in [6, 6.07) is 0. The van der Waals surface area contributed by atoms with Crippen LogP contribution in [0.5, 0.6) is 0 Å². The minimum absolute atomic E-state index is 0.782. The molecule has 6 heteroatoms. The summed E-state index contributed by atoms with van der Waals surface area (Å²) >= 11 is 0. The van der Waals surface area contributed by atoms with Crippen LogP contribution >= 0.6 is 0 Å². The number of rotatable bonds is 1. The Morgan fingerprint density at radius 2 is 2.06 bits per heavy atom. The number of fused-ring (bicyclic) bond motifs is 1. The van der Waals surface area contributed by atoms with E-state index in [1.54, 1.807) is 6.20 Å². The molecule has 0 atom stereocenters. The minimum Gasteiger partial charge on any atom is -0.353 e. The van der Waals surface area contributed by atoms with Gasteiger partial charge in [-0.3, -0.25) is 4.98 Å². The van der Waals surface area contributed by atoms with Gasteiger partial charge in [-0.15, -0.1) is 5.10 Å². The number of aromatic nitrogens is 4. The van der Waals surface area contributed by atoms with Crippen molar-refractivity contribution in [1.29, 1.82) is 0 Å². The van der Waals surface area contributed by atoms with Crippen molar-refractivity contribution in [3.63, 3.8) is 0 Å². The molecule has 1 aliphatic heterocycles. The van der Waals surface area contributed by atoms with Crippen LogP contribution in [0.1, 0.15) is 5.82 Å². The number of hydrogen-bond donors (Lipinski definition) is 1. The van der Waals surface area contributed by atoms with Gasteiger partial charge in [0.25, 0.3) is 0 Å². The Bertz CT molecular complexity index is 499. The summed E-state index contributed by atoms with van der Waals surface area (Å²) in [5.74, 6) is 1.81. The molecule has 84 valence electrons. The fraction of sp³-hybridized carbons (Fsp3) is 0.500. The Labute approximate surface area is 93.3 Å². The SMILES string of the molecule is Cc1nc2cncc(N3CCNCC3)n2n1. The monoisotopic (exact) mass is 218 g/mol. The predicted molar refractivity (Wildman–Crippen MR) is 60.6 cm³/mol. The number of aryl methyl sites for hydroxylation is 1. The summed E-state index contributed by atoms with van der Waals surface area (Å²) in [6.07, 6.45) is 3.60. The largest absolute Gasteiger partial charge is 0.353 e. The quantitative estimate of drug-likeness (QED) is 0.721. The molecule has 1 saturated heterocycles. The molecule has 0 amide bonds. The molecule has 3 heterocycles. The van der Waals surface area contributed by atoms with Crippen LogP contribution in [-0.2, 0) is 0 Å². The van der Waals surface area contributed by atoms with Gasteiger partial charge in [0.2, 0.25) is 0 Å². The maximum absolute atomic E-state index is 4.39. The zero-order valence-corrected chi connectivity index (χ0v) is 9.22. The molecule has 2 aromatic heterocycles. The van der Waals surface area contributed by atoms with E-state index in [0.717, 1.165) is 43.5 Å². The van der Waals surface area contributed by atoms with Gasteiger partial charge in [0.1, 0.15) is 5.82 Å². The van der Waals surface area contributed by atoms with Crippen LogP contribution in [0, 0.1) is 6.92 Å². The Balaban J connectivity index is 2.07. The van der Waals surface area contributed by atoms with Crippen LogP contribution in [0.4, 0.5) is 5.82 Å². The van der Waals surface area contributed by atoms with E-state index in [-0.39, 0.29) is 0 Å². The zero-order chi connectivity index (χ0) is 11.0. The fourth-order valence-electron chi connectivity index (χ4n) is 2.02. The molecule has 16 heavy (non-hydrogen) atoms. The van der Waals surface area contributed by atoms with E-state index in [4.69, 9.17) is 0 Å². The molecule has 0 radical (unpaired) electrons. The third-order valence-electron chi connectivity index (χ3n) is 2.78. The first-order chi connectivity index (χ1) is 7.84. The van der Waals surface area contributed by atoms with Crippen LogP contribution in [-0.4, -0.2) is 45.8 Å². The first-order valence-electron chi connectivity index (χ1n) is 5.47. The second-order valence-electron chi connectivity index (χ2n) is 3.93. The van der Waals surface area contributed by atoms with Gasteiger partial charge in [-0.05, 0) is 6.92 Å². The van der Waals surface area contributed by atoms with Crippen LogP contribution < -0.4 is 10.2 Å². The summed E-state index contributed by atoms with van der Waals surface area (Å²) < 4.78 is 1.87. The van der Waals surface area contributed by atoms with E-state index in [1.165, 1.54) is 0 Å². The Morgan fingerprint density at radius 1 is 1.25 bits per heavy atom.